The van der Waals surface area contributed by atoms with Gasteiger partial charge in [0.1, 0.15) is 11.5 Å². The summed E-state index contributed by atoms with van der Waals surface area (Å²) in [5.41, 5.74) is 8.80. The molecule has 0 atom stereocenters. The van der Waals surface area contributed by atoms with E-state index in [-0.39, 0.29) is 0 Å². The molecular weight excluding hydrogens is 150 g/mol. The third-order valence-corrected chi connectivity index (χ3v) is 2.00. The highest BCUT2D eigenvalue weighted by molar-refractivity contribution is 5.53. The maximum absolute atomic E-state index is 5.79. The van der Waals surface area contributed by atoms with E-state index in [1.54, 1.807) is 0 Å². The smallest absolute Gasteiger partial charge is 0.138 e. The maximum Gasteiger partial charge on any atom is 0.138 e. The first kappa shape index (κ1) is 7.16. The van der Waals surface area contributed by atoms with Gasteiger partial charge in [-0.1, -0.05) is 0 Å². The van der Waals surface area contributed by atoms with Gasteiger partial charge in [0.2, 0.25) is 0 Å². The molecule has 2 aromatic rings. The molecule has 3 heteroatoms. The van der Waals surface area contributed by atoms with Crippen molar-refractivity contribution in [3.05, 3.63) is 29.6 Å². The number of hydrogen-bond donors (Lipinski definition) is 1. The van der Waals surface area contributed by atoms with Crippen LogP contribution in [0.15, 0.2) is 18.3 Å². The molecule has 2 N–H and O–H groups in total. The number of rotatable bonds is 0. The number of anilines is 1. The second-order valence-corrected chi connectivity index (χ2v) is 3.01. The summed E-state index contributed by atoms with van der Waals surface area (Å²) in [6, 6.07) is 4.04. The number of aryl methyl sites for hydroxylation is 2. The van der Waals surface area contributed by atoms with Gasteiger partial charge in [-0.25, -0.2) is 4.98 Å². The van der Waals surface area contributed by atoms with Crippen LogP contribution in [0.3, 0.4) is 0 Å². The summed E-state index contributed by atoms with van der Waals surface area (Å²) < 4.78 is 1.89. The van der Waals surface area contributed by atoms with Gasteiger partial charge in [0.05, 0.1) is 5.69 Å². The van der Waals surface area contributed by atoms with Crippen molar-refractivity contribution in [3.63, 3.8) is 0 Å². The third-order valence-electron chi connectivity index (χ3n) is 2.00. The van der Waals surface area contributed by atoms with Crippen LogP contribution in [-0.4, -0.2) is 9.38 Å². The number of nitrogen functional groups attached to an aromatic ring is 1. The minimum absolute atomic E-state index is 0.727. The van der Waals surface area contributed by atoms with Gasteiger partial charge in [-0.2, -0.15) is 0 Å². The van der Waals surface area contributed by atoms with Crippen molar-refractivity contribution in [2.75, 3.05) is 5.73 Å². The first-order valence-corrected chi connectivity index (χ1v) is 3.89. The third kappa shape index (κ3) is 0.863. The molecule has 12 heavy (non-hydrogen) atoms. The van der Waals surface area contributed by atoms with Crippen LogP contribution in [0.1, 0.15) is 11.3 Å². The van der Waals surface area contributed by atoms with Gasteiger partial charge in [0, 0.05) is 6.20 Å². The zero-order valence-electron chi connectivity index (χ0n) is 7.20. The highest BCUT2D eigenvalue weighted by atomic mass is 15.1. The molecule has 2 heterocycles. The number of fused-ring (bicyclic) bond motifs is 1. The van der Waals surface area contributed by atoms with Gasteiger partial charge in [-0.05, 0) is 31.5 Å². The Balaban J connectivity index is 2.87. The molecule has 0 radical (unpaired) electrons. The van der Waals surface area contributed by atoms with Crippen LogP contribution in [0, 0.1) is 13.8 Å². The molecule has 0 aliphatic carbocycles. The molecule has 0 fully saturated rings. The molecule has 2 aromatic heterocycles. The number of imidazole rings is 1. The van der Waals surface area contributed by atoms with E-state index in [2.05, 4.69) is 4.98 Å². The molecule has 0 aliphatic rings. The second-order valence-electron chi connectivity index (χ2n) is 3.01. The highest BCUT2D eigenvalue weighted by Crippen LogP contribution is 2.14. The molecular formula is C9H11N3. The van der Waals surface area contributed by atoms with E-state index in [0.717, 1.165) is 17.2 Å². The van der Waals surface area contributed by atoms with E-state index in [0.29, 0.717) is 0 Å². The maximum atomic E-state index is 5.79. The van der Waals surface area contributed by atoms with Crippen molar-refractivity contribution in [2.24, 2.45) is 0 Å². The largest absolute Gasteiger partial charge is 0.383 e. The molecule has 0 spiro atoms. The van der Waals surface area contributed by atoms with Gasteiger partial charge < -0.3 is 5.73 Å². The first-order valence-electron chi connectivity index (χ1n) is 3.89. The number of nitrogens with zero attached hydrogens (tertiary/aromatic N) is 2. The number of aromatic nitrogens is 2. The van der Waals surface area contributed by atoms with Crippen LogP contribution in [0.4, 0.5) is 5.82 Å². The fourth-order valence-corrected chi connectivity index (χ4v) is 1.28. The van der Waals surface area contributed by atoms with Crippen molar-refractivity contribution >= 4 is 11.5 Å². The van der Waals surface area contributed by atoms with Gasteiger partial charge in [-0.3, -0.25) is 4.40 Å². The number of nitrogens with two attached hydrogens (primary N) is 1. The van der Waals surface area contributed by atoms with E-state index in [1.165, 1.54) is 5.56 Å². The van der Waals surface area contributed by atoms with Gasteiger partial charge in [-0.15, -0.1) is 0 Å². The standard InChI is InChI=1S/C9H11N3/c1-6-3-4-12-8(5-6)11-7(2)9(12)10/h3-5H,10H2,1-2H3. The minimum Gasteiger partial charge on any atom is -0.383 e. The Hall–Kier alpha value is -1.51. The number of pyridine rings is 1. The van der Waals surface area contributed by atoms with Gasteiger partial charge in [0.15, 0.2) is 0 Å². The van der Waals surface area contributed by atoms with Crippen molar-refractivity contribution in [1.82, 2.24) is 9.38 Å². The highest BCUT2D eigenvalue weighted by Gasteiger charge is 2.03. The predicted molar refractivity (Wildman–Crippen MR) is 49.1 cm³/mol. The lowest BCUT2D eigenvalue weighted by Crippen LogP contribution is -1.93. The zero-order chi connectivity index (χ0) is 8.72. The average molecular weight is 161 g/mol. The Morgan fingerprint density at radius 2 is 2.17 bits per heavy atom. The Morgan fingerprint density at radius 1 is 1.42 bits per heavy atom. The monoisotopic (exact) mass is 161 g/mol. The van der Waals surface area contributed by atoms with Crippen LogP contribution in [0.5, 0.6) is 0 Å². The summed E-state index contributed by atoms with van der Waals surface area (Å²) in [4.78, 5) is 4.31. The molecule has 62 valence electrons. The second kappa shape index (κ2) is 2.24. The fourth-order valence-electron chi connectivity index (χ4n) is 1.28. The molecule has 0 bridgehead atoms. The van der Waals surface area contributed by atoms with E-state index in [4.69, 9.17) is 5.73 Å². The SMILES string of the molecule is Cc1ccn2c(N)c(C)nc2c1. The van der Waals surface area contributed by atoms with E-state index in [9.17, 15) is 0 Å². The van der Waals surface area contributed by atoms with Crippen LogP contribution < -0.4 is 5.73 Å². The average Bonchev–Trinajstić information content (AvgIpc) is 2.28. The number of hydrogen-bond acceptors (Lipinski definition) is 2. The minimum atomic E-state index is 0.727. The first-order chi connectivity index (χ1) is 5.68. The Kier molecular flexibility index (Phi) is 1.33. The van der Waals surface area contributed by atoms with E-state index >= 15 is 0 Å². The lowest BCUT2D eigenvalue weighted by Gasteiger charge is -1.96. The summed E-state index contributed by atoms with van der Waals surface area (Å²) in [6.45, 7) is 3.96. The zero-order valence-corrected chi connectivity index (χ0v) is 7.20. The molecule has 3 nitrogen and oxygen atoms in total. The van der Waals surface area contributed by atoms with Gasteiger partial charge >= 0.3 is 0 Å². The Bertz CT molecular complexity index is 429. The molecule has 0 aromatic carbocycles. The molecule has 0 amide bonds. The molecule has 2 rings (SSSR count). The van der Waals surface area contributed by atoms with Crippen molar-refractivity contribution in [1.29, 1.82) is 0 Å². The van der Waals surface area contributed by atoms with Crippen LogP contribution in [0.2, 0.25) is 0 Å². The molecule has 0 saturated carbocycles. The Morgan fingerprint density at radius 3 is 2.92 bits per heavy atom. The Labute approximate surface area is 70.8 Å². The van der Waals surface area contributed by atoms with Gasteiger partial charge in [0.25, 0.3) is 0 Å². The summed E-state index contributed by atoms with van der Waals surface area (Å²) in [6.07, 6.45) is 1.94. The van der Waals surface area contributed by atoms with Crippen LogP contribution >= 0.6 is 0 Å². The van der Waals surface area contributed by atoms with Crippen molar-refractivity contribution < 1.29 is 0 Å². The lowest BCUT2D eigenvalue weighted by molar-refractivity contribution is 1.18. The molecule has 0 unspecified atom stereocenters. The fraction of sp³-hybridized carbons (Fsp3) is 0.222. The van der Waals surface area contributed by atoms with Crippen LogP contribution in [-0.2, 0) is 0 Å². The lowest BCUT2D eigenvalue weighted by atomic mass is 10.3. The topological polar surface area (TPSA) is 43.3 Å². The summed E-state index contributed by atoms with van der Waals surface area (Å²) in [5, 5.41) is 0. The summed E-state index contributed by atoms with van der Waals surface area (Å²) in [7, 11) is 0. The quantitative estimate of drug-likeness (QED) is 0.636. The van der Waals surface area contributed by atoms with E-state index < -0.39 is 0 Å². The summed E-state index contributed by atoms with van der Waals surface area (Å²) >= 11 is 0. The van der Waals surface area contributed by atoms with Crippen LogP contribution in [0.25, 0.3) is 5.65 Å². The summed E-state index contributed by atoms with van der Waals surface area (Å²) in [5.74, 6) is 0.727. The van der Waals surface area contributed by atoms with Crippen molar-refractivity contribution in [2.45, 2.75) is 13.8 Å². The predicted octanol–water partition coefficient (Wildman–Crippen LogP) is 1.53. The van der Waals surface area contributed by atoms with Crippen molar-refractivity contribution in [3.8, 4) is 0 Å². The normalized spacial score (nSPS) is 10.8. The molecule has 0 saturated heterocycles. The molecule has 0 aliphatic heterocycles. The van der Waals surface area contributed by atoms with E-state index in [1.807, 2.05) is 36.6 Å².